The minimum absolute atomic E-state index is 0.101. The van der Waals surface area contributed by atoms with Crippen LogP contribution >= 0.6 is 11.5 Å². The molecule has 2 rings (SSSR count). The zero-order valence-electron chi connectivity index (χ0n) is 16.9. The van der Waals surface area contributed by atoms with Crippen LogP contribution in [0.3, 0.4) is 0 Å². The summed E-state index contributed by atoms with van der Waals surface area (Å²) in [6.45, 7) is 8.90. The predicted octanol–water partition coefficient (Wildman–Crippen LogP) is 1.59. The summed E-state index contributed by atoms with van der Waals surface area (Å²) in [5.41, 5.74) is 0.145. The van der Waals surface area contributed by atoms with Gasteiger partial charge in [-0.1, -0.05) is 11.4 Å². The number of hydrogen-bond acceptors (Lipinski definition) is 7. The van der Waals surface area contributed by atoms with Gasteiger partial charge in [-0.2, -0.15) is 0 Å². The summed E-state index contributed by atoms with van der Waals surface area (Å²) in [6, 6.07) is 0. The van der Waals surface area contributed by atoms with Crippen LogP contribution in [0.25, 0.3) is 0 Å². The molecule has 156 valence electrons. The largest absolute Gasteiger partial charge is 0.444 e. The van der Waals surface area contributed by atoms with Gasteiger partial charge in [0.15, 0.2) is 0 Å². The number of amides is 3. The molecule has 3 amide bonds. The number of aromatic nitrogens is 2. The molecule has 0 spiro atoms. The number of rotatable bonds is 6. The first kappa shape index (κ1) is 22.1. The topological polar surface area (TPSA) is 114 Å². The van der Waals surface area contributed by atoms with Gasteiger partial charge in [-0.25, -0.2) is 4.79 Å². The van der Waals surface area contributed by atoms with Gasteiger partial charge in [0.2, 0.25) is 5.91 Å². The van der Waals surface area contributed by atoms with Crippen LogP contribution in [0.5, 0.6) is 0 Å². The maximum atomic E-state index is 12.7. The van der Waals surface area contributed by atoms with Gasteiger partial charge in [0.1, 0.15) is 10.5 Å². The van der Waals surface area contributed by atoms with Crippen molar-refractivity contribution < 1.29 is 19.1 Å². The maximum absolute atomic E-state index is 12.7. The number of nitrogens with one attached hydrogen (secondary N) is 2. The second kappa shape index (κ2) is 9.81. The van der Waals surface area contributed by atoms with Gasteiger partial charge in [-0.3, -0.25) is 9.59 Å². The molecular weight excluding hydrogens is 382 g/mol. The van der Waals surface area contributed by atoms with Crippen molar-refractivity contribution in [3.63, 3.8) is 0 Å². The number of carbonyl (C=O) groups excluding carboxylic acids is 3. The lowest BCUT2D eigenvalue weighted by atomic mass is 9.97. The van der Waals surface area contributed by atoms with Crippen LogP contribution in [0.2, 0.25) is 0 Å². The molecule has 10 heteroatoms. The second-order valence-electron chi connectivity index (χ2n) is 7.71. The second-order valence-corrected chi connectivity index (χ2v) is 8.47. The Balaban J connectivity index is 1.78. The standard InChI is InChI=1S/C18H29N5O4S/c1-5-13-14(28-22-21-13)16(25)23-10-6-7-12(11-23)15(24)19-8-9-20-17(26)27-18(2,3)4/h12H,5-11H2,1-4H3,(H,19,24)(H,20,26). The fourth-order valence-corrected chi connectivity index (χ4v) is 3.65. The van der Waals surface area contributed by atoms with E-state index in [1.807, 2.05) is 6.92 Å². The van der Waals surface area contributed by atoms with E-state index in [0.29, 0.717) is 36.6 Å². The minimum atomic E-state index is -0.559. The summed E-state index contributed by atoms with van der Waals surface area (Å²) < 4.78 is 9.01. The fraction of sp³-hybridized carbons (Fsp3) is 0.722. The first-order chi connectivity index (χ1) is 13.2. The van der Waals surface area contributed by atoms with Crippen LogP contribution < -0.4 is 10.6 Å². The Morgan fingerprint density at radius 1 is 1.25 bits per heavy atom. The summed E-state index contributed by atoms with van der Waals surface area (Å²) >= 11 is 1.10. The smallest absolute Gasteiger partial charge is 0.407 e. The van der Waals surface area contributed by atoms with Crippen LogP contribution in [0, 0.1) is 5.92 Å². The molecule has 0 aromatic carbocycles. The Hall–Kier alpha value is -2.23. The van der Waals surface area contributed by atoms with Gasteiger partial charge in [-0.15, -0.1) is 5.10 Å². The molecule has 1 unspecified atom stereocenters. The van der Waals surface area contributed by atoms with Gasteiger partial charge in [-0.05, 0) is 51.6 Å². The third-order valence-corrected chi connectivity index (χ3v) is 5.01. The van der Waals surface area contributed by atoms with Crippen molar-refractivity contribution in [3.8, 4) is 0 Å². The highest BCUT2D eigenvalue weighted by molar-refractivity contribution is 7.08. The lowest BCUT2D eigenvalue weighted by Crippen LogP contribution is -2.46. The molecular formula is C18H29N5O4S. The lowest BCUT2D eigenvalue weighted by molar-refractivity contribution is -0.126. The van der Waals surface area contributed by atoms with E-state index in [9.17, 15) is 14.4 Å². The van der Waals surface area contributed by atoms with Crippen LogP contribution in [-0.2, 0) is 16.0 Å². The number of aryl methyl sites for hydroxylation is 1. The van der Waals surface area contributed by atoms with E-state index < -0.39 is 11.7 Å². The third kappa shape index (κ3) is 6.43. The Kier molecular flexibility index (Phi) is 7.73. The Labute approximate surface area is 169 Å². The monoisotopic (exact) mass is 411 g/mol. The van der Waals surface area contributed by atoms with Crippen LogP contribution in [-0.4, -0.2) is 64.2 Å². The molecule has 2 N–H and O–H groups in total. The minimum Gasteiger partial charge on any atom is -0.444 e. The van der Waals surface area contributed by atoms with E-state index in [0.717, 1.165) is 24.4 Å². The van der Waals surface area contributed by atoms with E-state index in [4.69, 9.17) is 4.74 Å². The van der Waals surface area contributed by atoms with E-state index >= 15 is 0 Å². The molecule has 1 aromatic heterocycles. The van der Waals surface area contributed by atoms with Gasteiger partial charge in [0.05, 0.1) is 11.6 Å². The molecule has 2 heterocycles. The fourth-order valence-electron chi connectivity index (χ4n) is 2.93. The molecule has 1 saturated heterocycles. The highest BCUT2D eigenvalue weighted by Crippen LogP contribution is 2.21. The predicted molar refractivity (Wildman–Crippen MR) is 105 cm³/mol. The molecule has 9 nitrogen and oxygen atoms in total. The van der Waals surface area contributed by atoms with Gasteiger partial charge >= 0.3 is 6.09 Å². The van der Waals surface area contributed by atoms with E-state index in [1.54, 1.807) is 25.7 Å². The SMILES string of the molecule is CCc1nnsc1C(=O)N1CCCC(C(=O)NCCNC(=O)OC(C)(C)C)C1. The highest BCUT2D eigenvalue weighted by Gasteiger charge is 2.30. The average Bonchev–Trinajstić information content (AvgIpc) is 3.12. The molecule has 1 aromatic rings. The number of nitrogens with zero attached hydrogens (tertiary/aromatic N) is 3. The van der Waals surface area contributed by atoms with Crippen LogP contribution in [0.1, 0.15) is 55.9 Å². The summed E-state index contributed by atoms with van der Waals surface area (Å²) in [4.78, 5) is 39.0. The van der Waals surface area contributed by atoms with Crippen molar-refractivity contribution in [2.45, 2.75) is 52.6 Å². The van der Waals surface area contributed by atoms with E-state index in [-0.39, 0.29) is 24.3 Å². The summed E-state index contributed by atoms with van der Waals surface area (Å²) in [6.07, 6.45) is 1.64. The third-order valence-electron chi connectivity index (χ3n) is 4.26. The molecule has 1 aliphatic heterocycles. The molecule has 0 radical (unpaired) electrons. The van der Waals surface area contributed by atoms with E-state index in [2.05, 4.69) is 20.2 Å². The Morgan fingerprint density at radius 2 is 1.96 bits per heavy atom. The van der Waals surface area contributed by atoms with Crippen LogP contribution in [0.15, 0.2) is 0 Å². The van der Waals surface area contributed by atoms with E-state index in [1.165, 1.54) is 0 Å². The number of carbonyl (C=O) groups is 3. The zero-order valence-corrected chi connectivity index (χ0v) is 17.7. The number of ether oxygens (including phenoxy) is 1. The number of alkyl carbamates (subject to hydrolysis) is 1. The Bertz CT molecular complexity index is 700. The van der Waals surface area contributed by atoms with Gasteiger partial charge in [0, 0.05) is 26.2 Å². The summed E-state index contributed by atoms with van der Waals surface area (Å²) in [5, 5.41) is 9.41. The van der Waals surface area contributed by atoms with Crippen molar-refractivity contribution in [1.29, 1.82) is 0 Å². The first-order valence-electron chi connectivity index (χ1n) is 9.56. The van der Waals surface area contributed by atoms with Crippen molar-refractivity contribution in [1.82, 2.24) is 25.1 Å². The average molecular weight is 412 g/mol. The van der Waals surface area contributed by atoms with Gasteiger partial charge < -0.3 is 20.3 Å². The van der Waals surface area contributed by atoms with Crippen molar-refractivity contribution in [2.24, 2.45) is 5.92 Å². The molecule has 0 bridgehead atoms. The Morgan fingerprint density at radius 3 is 2.64 bits per heavy atom. The van der Waals surface area contributed by atoms with Crippen molar-refractivity contribution >= 4 is 29.4 Å². The van der Waals surface area contributed by atoms with Gasteiger partial charge in [0.25, 0.3) is 5.91 Å². The molecule has 1 aliphatic rings. The first-order valence-corrected chi connectivity index (χ1v) is 10.3. The highest BCUT2D eigenvalue weighted by atomic mass is 32.1. The van der Waals surface area contributed by atoms with Crippen LogP contribution in [0.4, 0.5) is 4.79 Å². The van der Waals surface area contributed by atoms with Crippen molar-refractivity contribution in [2.75, 3.05) is 26.2 Å². The number of likely N-dealkylation sites (tertiary alicyclic amines) is 1. The van der Waals surface area contributed by atoms with Crippen molar-refractivity contribution in [3.05, 3.63) is 10.6 Å². The number of hydrogen-bond donors (Lipinski definition) is 2. The lowest BCUT2D eigenvalue weighted by Gasteiger charge is -2.31. The quantitative estimate of drug-likeness (QED) is 0.687. The molecule has 0 aliphatic carbocycles. The molecule has 1 fully saturated rings. The number of piperidine rings is 1. The summed E-state index contributed by atoms with van der Waals surface area (Å²) in [5.74, 6) is -0.470. The molecule has 1 atom stereocenters. The molecule has 28 heavy (non-hydrogen) atoms. The normalized spacial score (nSPS) is 17.1. The zero-order chi connectivity index (χ0) is 20.7. The summed E-state index contributed by atoms with van der Waals surface area (Å²) in [7, 11) is 0. The maximum Gasteiger partial charge on any atom is 0.407 e. The molecule has 0 saturated carbocycles.